The molecule has 1 atom stereocenters. The molecular weight excluding hydrogens is 444 g/mol. The van der Waals surface area contributed by atoms with Crippen molar-refractivity contribution < 1.29 is 13.2 Å². The van der Waals surface area contributed by atoms with Gasteiger partial charge < -0.3 is 5.32 Å². The summed E-state index contributed by atoms with van der Waals surface area (Å²) in [5, 5.41) is 3.43. The first-order valence-corrected chi connectivity index (χ1v) is 12.5. The van der Waals surface area contributed by atoms with Crippen LogP contribution in [0.2, 0.25) is 5.02 Å². The number of nitrogens with zero attached hydrogens (tertiary/aromatic N) is 1. The molecule has 0 saturated heterocycles. The molecule has 32 heavy (non-hydrogen) atoms. The lowest BCUT2D eigenvalue weighted by Gasteiger charge is -2.24. The molecular formula is C25H27ClN2O3S. The molecule has 0 aromatic heterocycles. The topological polar surface area (TPSA) is 66.5 Å². The Morgan fingerprint density at radius 2 is 1.69 bits per heavy atom. The molecule has 0 saturated carbocycles. The summed E-state index contributed by atoms with van der Waals surface area (Å²) in [7, 11) is -3.53. The summed E-state index contributed by atoms with van der Waals surface area (Å²) in [5.41, 5.74) is 3.81. The molecule has 1 unspecified atom stereocenters. The van der Waals surface area contributed by atoms with Crippen molar-refractivity contribution in [1.29, 1.82) is 0 Å². The van der Waals surface area contributed by atoms with Gasteiger partial charge in [-0.3, -0.25) is 9.10 Å². The van der Waals surface area contributed by atoms with Gasteiger partial charge in [-0.2, -0.15) is 0 Å². The molecule has 0 aliphatic rings. The summed E-state index contributed by atoms with van der Waals surface area (Å²) in [6.45, 7) is 4.58. The van der Waals surface area contributed by atoms with Crippen molar-refractivity contribution in [1.82, 2.24) is 5.32 Å². The molecule has 0 aliphatic heterocycles. The number of sulfonamides is 1. The normalized spacial score (nSPS) is 12.2. The van der Waals surface area contributed by atoms with E-state index in [9.17, 15) is 13.2 Å². The Kier molecular flexibility index (Phi) is 7.59. The van der Waals surface area contributed by atoms with Gasteiger partial charge in [-0.25, -0.2) is 8.42 Å². The number of halogens is 1. The Labute approximate surface area is 195 Å². The van der Waals surface area contributed by atoms with Crippen LogP contribution < -0.4 is 9.62 Å². The van der Waals surface area contributed by atoms with Crippen LogP contribution in [-0.4, -0.2) is 27.1 Å². The molecule has 1 N–H and O–H groups in total. The van der Waals surface area contributed by atoms with Crippen LogP contribution in [0.25, 0.3) is 0 Å². The fourth-order valence-electron chi connectivity index (χ4n) is 3.41. The Morgan fingerprint density at radius 1 is 1.03 bits per heavy atom. The molecule has 0 radical (unpaired) electrons. The number of hydrogen-bond acceptors (Lipinski definition) is 3. The van der Waals surface area contributed by atoms with Crippen LogP contribution in [-0.2, 0) is 16.6 Å². The van der Waals surface area contributed by atoms with Crippen molar-refractivity contribution in [2.75, 3.05) is 17.1 Å². The minimum atomic E-state index is -3.53. The predicted octanol–water partition coefficient (Wildman–Crippen LogP) is 5.15. The van der Waals surface area contributed by atoms with E-state index in [1.165, 1.54) is 16.1 Å². The van der Waals surface area contributed by atoms with Gasteiger partial charge in [-0.05, 0) is 53.8 Å². The first-order valence-electron chi connectivity index (χ1n) is 10.3. The van der Waals surface area contributed by atoms with Crippen molar-refractivity contribution >= 4 is 33.2 Å². The van der Waals surface area contributed by atoms with E-state index in [1.54, 1.807) is 42.5 Å². The summed E-state index contributed by atoms with van der Waals surface area (Å²) < 4.78 is 26.2. The third-order valence-corrected chi connectivity index (χ3v) is 6.68. The second kappa shape index (κ2) is 10.2. The maximum absolute atomic E-state index is 12.5. The largest absolute Gasteiger partial charge is 0.351 e. The van der Waals surface area contributed by atoms with Gasteiger partial charge in [0.15, 0.2) is 0 Å². The molecule has 3 aromatic rings. The first kappa shape index (κ1) is 23.8. The number of benzene rings is 3. The van der Waals surface area contributed by atoms with E-state index >= 15 is 0 Å². The van der Waals surface area contributed by atoms with Crippen molar-refractivity contribution in [2.24, 2.45) is 0 Å². The van der Waals surface area contributed by atoms with Crippen molar-refractivity contribution in [3.05, 3.63) is 100 Å². The molecule has 0 fully saturated rings. The summed E-state index contributed by atoms with van der Waals surface area (Å²) in [6.07, 6.45) is 1.17. The van der Waals surface area contributed by atoms with Crippen molar-refractivity contribution in [2.45, 2.75) is 26.3 Å². The third kappa shape index (κ3) is 6.11. The molecule has 168 valence electrons. The van der Waals surface area contributed by atoms with Crippen LogP contribution in [0, 0.1) is 6.92 Å². The van der Waals surface area contributed by atoms with Crippen molar-refractivity contribution in [3.63, 3.8) is 0 Å². The molecule has 0 aliphatic carbocycles. The highest BCUT2D eigenvalue weighted by atomic mass is 35.5. The Hall–Kier alpha value is -2.83. The van der Waals surface area contributed by atoms with E-state index < -0.39 is 10.0 Å². The highest BCUT2D eigenvalue weighted by Crippen LogP contribution is 2.28. The first-order chi connectivity index (χ1) is 15.1. The summed E-state index contributed by atoms with van der Waals surface area (Å²) in [6, 6.07) is 22.2. The van der Waals surface area contributed by atoms with Gasteiger partial charge in [0, 0.05) is 17.1 Å². The van der Waals surface area contributed by atoms with Crippen LogP contribution >= 0.6 is 11.6 Å². The third-order valence-electron chi connectivity index (χ3n) is 5.32. The maximum Gasteiger partial charge on any atom is 0.251 e. The van der Waals surface area contributed by atoms with Crippen LogP contribution in [0.1, 0.15) is 39.9 Å². The zero-order chi connectivity index (χ0) is 23.3. The van der Waals surface area contributed by atoms with E-state index in [0.717, 1.165) is 11.1 Å². The van der Waals surface area contributed by atoms with Crippen molar-refractivity contribution in [3.8, 4) is 0 Å². The van der Waals surface area contributed by atoms with Gasteiger partial charge in [-0.1, -0.05) is 67.1 Å². The van der Waals surface area contributed by atoms with Gasteiger partial charge in [0.05, 0.1) is 18.5 Å². The minimum Gasteiger partial charge on any atom is -0.351 e. The second-order valence-corrected chi connectivity index (χ2v) is 10.3. The molecule has 0 heterocycles. The zero-order valence-electron chi connectivity index (χ0n) is 18.4. The molecule has 0 bridgehead atoms. The van der Waals surface area contributed by atoms with E-state index in [-0.39, 0.29) is 18.4 Å². The average molecular weight is 471 g/mol. The summed E-state index contributed by atoms with van der Waals surface area (Å²) in [4.78, 5) is 12.5. The Morgan fingerprint density at radius 3 is 2.31 bits per heavy atom. The molecule has 1 amide bonds. The number of nitrogens with one attached hydrogen (secondary N) is 1. The number of amides is 1. The SMILES string of the molecule is Cc1ccc(Cl)cc1N(Cc1ccc(C(=O)NCC(C)c2ccccc2)cc1)S(C)(=O)=O. The number of aryl methyl sites for hydroxylation is 1. The van der Waals surface area contributed by atoms with Crippen LogP contribution in [0.5, 0.6) is 0 Å². The fourth-order valence-corrected chi connectivity index (χ4v) is 4.51. The average Bonchev–Trinajstić information content (AvgIpc) is 2.77. The number of anilines is 1. The van der Waals surface area contributed by atoms with E-state index in [0.29, 0.717) is 22.8 Å². The van der Waals surface area contributed by atoms with Crippen LogP contribution in [0.4, 0.5) is 5.69 Å². The number of rotatable bonds is 8. The molecule has 3 aromatic carbocycles. The van der Waals surface area contributed by atoms with Gasteiger partial charge >= 0.3 is 0 Å². The zero-order valence-corrected chi connectivity index (χ0v) is 20.0. The monoisotopic (exact) mass is 470 g/mol. The Bertz CT molecular complexity index is 1180. The molecule has 0 spiro atoms. The number of carbonyl (C=O) groups excluding carboxylic acids is 1. The van der Waals surface area contributed by atoms with Gasteiger partial charge in [0.2, 0.25) is 10.0 Å². The van der Waals surface area contributed by atoms with Gasteiger partial charge in [0.25, 0.3) is 5.91 Å². The predicted molar refractivity (Wildman–Crippen MR) is 131 cm³/mol. The molecule has 3 rings (SSSR count). The van der Waals surface area contributed by atoms with Gasteiger partial charge in [-0.15, -0.1) is 0 Å². The molecule has 7 heteroatoms. The highest BCUT2D eigenvalue weighted by molar-refractivity contribution is 7.92. The number of hydrogen-bond donors (Lipinski definition) is 1. The lowest BCUT2D eigenvalue weighted by atomic mass is 10.0. The number of carbonyl (C=O) groups is 1. The Balaban J connectivity index is 1.70. The fraction of sp³-hybridized carbons (Fsp3) is 0.240. The van der Waals surface area contributed by atoms with Crippen LogP contribution in [0.3, 0.4) is 0 Å². The standard InChI is InChI=1S/C25H27ClN2O3S/c1-18-9-14-23(26)15-24(18)28(32(3,30)31)17-20-10-12-22(13-11-20)25(29)27-16-19(2)21-7-5-4-6-8-21/h4-15,19H,16-17H2,1-3H3,(H,27,29). The van der Waals surface area contributed by atoms with E-state index in [4.69, 9.17) is 11.6 Å². The van der Waals surface area contributed by atoms with E-state index in [1.807, 2.05) is 37.3 Å². The smallest absolute Gasteiger partial charge is 0.251 e. The van der Waals surface area contributed by atoms with Gasteiger partial charge in [0.1, 0.15) is 0 Å². The highest BCUT2D eigenvalue weighted by Gasteiger charge is 2.20. The summed E-state index contributed by atoms with van der Waals surface area (Å²) >= 11 is 6.09. The molecule has 5 nitrogen and oxygen atoms in total. The lowest BCUT2D eigenvalue weighted by Crippen LogP contribution is -2.30. The van der Waals surface area contributed by atoms with Crippen LogP contribution in [0.15, 0.2) is 72.8 Å². The maximum atomic E-state index is 12.5. The minimum absolute atomic E-state index is 0.146. The quantitative estimate of drug-likeness (QED) is 0.495. The lowest BCUT2D eigenvalue weighted by molar-refractivity contribution is 0.0951. The summed E-state index contributed by atoms with van der Waals surface area (Å²) in [5.74, 6) is 0.0358. The van der Waals surface area contributed by atoms with E-state index in [2.05, 4.69) is 12.2 Å². The second-order valence-electron chi connectivity index (χ2n) is 7.92.